The number of esters is 1. The summed E-state index contributed by atoms with van der Waals surface area (Å²) < 4.78 is 38.9. The maximum absolute atomic E-state index is 11.7. The van der Waals surface area contributed by atoms with Gasteiger partial charge in [-0.2, -0.15) is 13.2 Å². The fourth-order valence-corrected chi connectivity index (χ4v) is 1.30. The van der Waals surface area contributed by atoms with E-state index in [-0.39, 0.29) is 6.04 Å². The Kier molecular flexibility index (Phi) is 4.97. The van der Waals surface area contributed by atoms with Crippen molar-refractivity contribution in [2.45, 2.75) is 18.6 Å². The number of halogens is 3. The van der Waals surface area contributed by atoms with Crippen LogP contribution in [0.1, 0.15) is 6.42 Å². The Morgan fingerprint density at radius 2 is 2.17 bits per heavy atom. The minimum absolute atomic E-state index is 0.0236. The molecule has 0 saturated carbocycles. The molecule has 1 heterocycles. The molecule has 0 aromatic heterocycles. The lowest BCUT2D eigenvalue weighted by molar-refractivity contribution is -0.198. The van der Waals surface area contributed by atoms with Crippen molar-refractivity contribution >= 4 is 11.9 Å². The Labute approximate surface area is 101 Å². The fourth-order valence-electron chi connectivity index (χ4n) is 1.30. The molecule has 1 fully saturated rings. The molecule has 1 aliphatic rings. The lowest BCUT2D eigenvalue weighted by Crippen LogP contribution is -2.35. The van der Waals surface area contributed by atoms with E-state index in [1.165, 1.54) is 0 Å². The Morgan fingerprint density at radius 1 is 1.44 bits per heavy atom. The van der Waals surface area contributed by atoms with E-state index in [2.05, 4.69) is 15.4 Å². The molecule has 0 aliphatic carbocycles. The van der Waals surface area contributed by atoms with E-state index in [1.807, 2.05) is 11.8 Å². The first kappa shape index (κ1) is 14.3. The number of carbonyl (C=O) groups excluding carboxylic acids is 2. The first-order valence-corrected chi connectivity index (χ1v) is 5.13. The highest BCUT2D eigenvalue weighted by molar-refractivity contribution is 5.93. The van der Waals surface area contributed by atoms with Crippen LogP contribution in [0.25, 0.3) is 0 Å². The average molecular weight is 264 g/mol. The number of carbonyl (C=O) groups is 2. The van der Waals surface area contributed by atoms with Crippen LogP contribution in [0.2, 0.25) is 0 Å². The number of alkyl halides is 3. The summed E-state index contributed by atoms with van der Waals surface area (Å²) in [6, 6.07) is -0.0236. The summed E-state index contributed by atoms with van der Waals surface area (Å²) in [7, 11) is 0. The third-order valence-electron chi connectivity index (χ3n) is 2.10. The SMILES string of the molecule is O=C(C#CCOC(=O)C(F)(F)F)N[C@H]1CCNC1. The third-order valence-corrected chi connectivity index (χ3v) is 2.10. The smallest absolute Gasteiger partial charge is 0.446 e. The van der Waals surface area contributed by atoms with Crippen LogP contribution in [0, 0.1) is 11.8 Å². The fraction of sp³-hybridized carbons (Fsp3) is 0.600. The van der Waals surface area contributed by atoms with Crippen molar-refractivity contribution in [1.82, 2.24) is 10.6 Å². The standard InChI is InChI=1S/C10H11F3N2O3/c11-10(12,13)9(17)18-5-1-2-8(16)15-7-3-4-14-6-7/h7,14H,3-6H2,(H,15,16)/t7-/m0/s1. The van der Waals surface area contributed by atoms with Crippen molar-refractivity contribution in [3.63, 3.8) is 0 Å². The highest BCUT2D eigenvalue weighted by Crippen LogP contribution is 2.15. The van der Waals surface area contributed by atoms with Crippen molar-refractivity contribution in [2.24, 2.45) is 0 Å². The zero-order valence-corrected chi connectivity index (χ0v) is 9.26. The van der Waals surface area contributed by atoms with E-state index in [0.29, 0.717) is 6.54 Å². The molecule has 2 N–H and O–H groups in total. The lowest BCUT2D eigenvalue weighted by Gasteiger charge is -2.07. The Morgan fingerprint density at radius 3 is 2.72 bits per heavy atom. The Balaban J connectivity index is 2.24. The van der Waals surface area contributed by atoms with Gasteiger partial charge in [-0.3, -0.25) is 4.79 Å². The zero-order chi connectivity index (χ0) is 13.6. The van der Waals surface area contributed by atoms with E-state index in [4.69, 9.17) is 0 Å². The van der Waals surface area contributed by atoms with Crippen molar-refractivity contribution in [2.75, 3.05) is 19.7 Å². The molecule has 0 spiro atoms. The van der Waals surface area contributed by atoms with Crippen LogP contribution in [-0.4, -0.2) is 43.8 Å². The number of ether oxygens (including phenoxy) is 1. The molecule has 0 bridgehead atoms. The summed E-state index contributed by atoms with van der Waals surface area (Å²) in [6.07, 6.45) is -4.27. The normalized spacial score (nSPS) is 18.7. The highest BCUT2D eigenvalue weighted by atomic mass is 19.4. The topological polar surface area (TPSA) is 67.4 Å². The van der Waals surface area contributed by atoms with Crippen molar-refractivity contribution < 1.29 is 27.5 Å². The van der Waals surface area contributed by atoms with Crippen LogP contribution in [0.4, 0.5) is 13.2 Å². The van der Waals surface area contributed by atoms with Gasteiger partial charge in [0, 0.05) is 12.6 Å². The second kappa shape index (κ2) is 6.26. The number of hydrogen-bond acceptors (Lipinski definition) is 4. The molecule has 1 rings (SSSR count). The van der Waals surface area contributed by atoms with Crippen LogP contribution in [0.5, 0.6) is 0 Å². The maximum atomic E-state index is 11.7. The highest BCUT2D eigenvalue weighted by Gasteiger charge is 2.40. The minimum atomic E-state index is -5.04. The van der Waals surface area contributed by atoms with E-state index in [1.54, 1.807) is 0 Å². The van der Waals surface area contributed by atoms with Gasteiger partial charge in [0.05, 0.1) is 0 Å². The van der Waals surface area contributed by atoms with Gasteiger partial charge in [0.2, 0.25) is 0 Å². The molecule has 1 amide bonds. The molecule has 0 radical (unpaired) electrons. The molecule has 0 unspecified atom stereocenters. The summed E-state index contributed by atoms with van der Waals surface area (Å²) in [4.78, 5) is 21.4. The summed E-state index contributed by atoms with van der Waals surface area (Å²) >= 11 is 0. The van der Waals surface area contributed by atoms with Gasteiger partial charge >= 0.3 is 12.1 Å². The Hall–Kier alpha value is -1.75. The molecule has 1 aliphatic heterocycles. The first-order valence-electron chi connectivity index (χ1n) is 5.13. The van der Waals surface area contributed by atoms with Gasteiger partial charge in [0.25, 0.3) is 5.91 Å². The quantitative estimate of drug-likeness (QED) is 0.525. The molecule has 1 saturated heterocycles. The predicted molar refractivity (Wildman–Crippen MR) is 54.2 cm³/mol. The number of hydrogen-bond donors (Lipinski definition) is 2. The van der Waals surface area contributed by atoms with Gasteiger partial charge in [-0.15, -0.1) is 0 Å². The Bertz CT molecular complexity index is 378. The number of nitrogens with one attached hydrogen (secondary N) is 2. The van der Waals surface area contributed by atoms with E-state index in [9.17, 15) is 22.8 Å². The molecule has 5 nitrogen and oxygen atoms in total. The second-order valence-electron chi connectivity index (χ2n) is 3.54. The van der Waals surface area contributed by atoms with Gasteiger partial charge in [-0.25, -0.2) is 4.79 Å². The minimum Gasteiger partial charge on any atom is -0.446 e. The van der Waals surface area contributed by atoms with Gasteiger partial charge in [-0.1, -0.05) is 5.92 Å². The van der Waals surface area contributed by atoms with Crippen LogP contribution in [0.15, 0.2) is 0 Å². The average Bonchev–Trinajstić information content (AvgIpc) is 2.75. The molecular formula is C10H11F3N2O3. The predicted octanol–water partition coefficient (Wildman–Crippen LogP) is -0.427. The van der Waals surface area contributed by atoms with E-state index in [0.717, 1.165) is 13.0 Å². The summed E-state index contributed by atoms with van der Waals surface area (Å²) in [5.41, 5.74) is 0. The monoisotopic (exact) mass is 264 g/mol. The molecule has 8 heteroatoms. The van der Waals surface area contributed by atoms with Gasteiger partial charge in [-0.05, 0) is 18.9 Å². The molecule has 0 aromatic rings. The maximum Gasteiger partial charge on any atom is 0.490 e. The molecule has 100 valence electrons. The van der Waals surface area contributed by atoms with Crippen LogP contribution >= 0.6 is 0 Å². The third kappa shape index (κ3) is 5.05. The number of rotatable bonds is 2. The summed E-state index contributed by atoms with van der Waals surface area (Å²) in [5.74, 6) is 1.15. The van der Waals surface area contributed by atoms with Gasteiger partial charge in [0.15, 0.2) is 6.61 Å². The van der Waals surface area contributed by atoms with Crippen LogP contribution in [0.3, 0.4) is 0 Å². The zero-order valence-electron chi connectivity index (χ0n) is 9.26. The molecule has 0 aromatic carbocycles. The summed E-state index contributed by atoms with van der Waals surface area (Å²) in [5, 5.41) is 5.58. The second-order valence-corrected chi connectivity index (χ2v) is 3.54. The number of amides is 1. The van der Waals surface area contributed by atoms with Crippen molar-refractivity contribution in [3.05, 3.63) is 0 Å². The molecule has 18 heavy (non-hydrogen) atoms. The molecular weight excluding hydrogens is 253 g/mol. The van der Waals surface area contributed by atoms with E-state index < -0.39 is 24.7 Å². The van der Waals surface area contributed by atoms with Crippen LogP contribution < -0.4 is 10.6 Å². The lowest BCUT2D eigenvalue weighted by atomic mass is 10.2. The van der Waals surface area contributed by atoms with Gasteiger partial charge in [0.1, 0.15) is 0 Å². The van der Waals surface area contributed by atoms with Gasteiger partial charge < -0.3 is 15.4 Å². The molecule has 1 atom stereocenters. The van der Waals surface area contributed by atoms with Crippen molar-refractivity contribution in [3.8, 4) is 11.8 Å². The van der Waals surface area contributed by atoms with Crippen LogP contribution in [-0.2, 0) is 14.3 Å². The largest absolute Gasteiger partial charge is 0.490 e. The first-order chi connectivity index (χ1) is 8.39. The van der Waals surface area contributed by atoms with Crippen molar-refractivity contribution in [1.29, 1.82) is 0 Å². The summed E-state index contributed by atoms with van der Waals surface area (Å²) in [6.45, 7) is 0.659. The van der Waals surface area contributed by atoms with E-state index >= 15 is 0 Å².